The quantitative estimate of drug-likeness (QED) is 0.0235. The number of alkyl carbamates (subject to hydrolysis) is 2. The van der Waals surface area contributed by atoms with Crippen LogP contribution in [0.1, 0.15) is 78.4 Å². The minimum absolute atomic E-state index is 0.0715. The van der Waals surface area contributed by atoms with Gasteiger partial charge in [0.1, 0.15) is 36.5 Å². The van der Waals surface area contributed by atoms with Gasteiger partial charge in [0.05, 0.1) is 22.9 Å². The maximum absolute atomic E-state index is 13.3. The van der Waals surface area contributed by atoms with E-state index in [0.717, 1.165) is 11.1 Å². The zero-order chi connectivity index (χ0) is 49.2. The normalized spacial score (nSPS) is 12.5. The molecule has 25 heteroatoms. The molecule has 0 radical (unpaired) electrons. The Morgan fingerprint density at radius 2 is 0.892 bits per heavy atom. The molecule has 0 saturated heterocycles. The average molecular weight is 955 g/mol. The van der Waals surface area contributed by atoms with Crippen molar-refractivity contribution in [1.29, 1.82) is 10.8 Å². The Balaban J connectivity index is 2.01. The highest BCUT2D eigenvalue weighted by Gasteiger charge is 2.33. The molecule has 0 fully saturated rings. The number of esters is 4. The number of ether oxygens (including phenoxy) is 5. The van der Waals surface area contributed by atoms with Crippen LogP contribution in [0, 0.1) is 24.7 Å². The Bertz CT molecular complexity index is 2080. The van der Waals surface area contributed by atoms with Crippen LogP contribution in [0.15, 0.2) is 58.3 Å². The van der Waals surface area contributed by atoms with Crippen molar-refractivity contribution in [2.45, 2.75) is 114 Å². The fraction of sp³-hybridized carbons (Fsp3) is 0.500. The summed E-state index contributed by atoms with van der Waals surface area (Å²) >= 11 is 0. The largest absolute Gasteiger partial charge is 0.464 e. The minimum Gasteiger partial charge on any atom is -0.464 e. The first-order chi connectivity index (χ1) is 30.0. The van der Waals surface area contributed by atoms with Crippen LogP contribution in [0.3, 0.4) is 0 Å². The van der Waals surface area contributed by atoms with Crippen LogP contribution >= 0.6 is 0 Å². The first kappa shape index (κ1) is 54.6. The van der Waals surface area contributed by atoms with Crippen LogP contribution in [0.2, 0.25) is 0 Å². The topological polar surface area (TPSA) is 337 Å². The Hall–Kier alpha value is -6.50. The second-order valence-corrected chi connectivity index (χ2v) is 19.5. The maximum Gasteiger partial charge on any atom is 0.408 e. The van der Waals surface area contributed by atoms with E-state index in [1.165, 1.54) is 24.3 Å². The van der Waals surface area contributed by atoms with Gasteiger partial charge in [-0.1, -0.05) is 35.4 Å². The highest BCUT2D eigenvalue weighted by molar-refractivity contribution is 7.90. The van der Waals surface area contributed by atoms with E-state index in [1.54, 1.807) is 79.7 Å². The molecule has 0 heterocycles. The lowest BCUT2D eigenvalue weighted by atomic mass is 10.1. The number of carbonyl (C=O) groups is 6. The molecule has 0 bridgehead atoms. The standard InChI is InChI=1S/C40H58N8O15S2/c1-25-9-13-27(14-10-25)64(55,56)47-35(41)43-21-23-59-31(49)19-17-29(45-37(53)62-39(3,4)5)33(51)61-34(52)30(46-38(54)63-40(6,7)8)18-20-32(50)60-24-22-44-36(42)48-65(57,58)28-15-11-26(2)12-16-28/h9-16,29-30H,17-24H2,1-8H3,(H,45,53)(H,46,54)(H3,41,43,47)(H3,42,44,48). The first-order valence-electron chi connectivity index (χ1n) is 19.9. The number of carbonyl (C=O) groups excluding carboxylic acids is 6. The third kappa shape index (κ3) is 22.1. The van der Waals surface area contributed by atoms with Gasteiger partial charge < -0.3 is 45.0 Å². The van der Waals surface area contributed by atoms with Crippen LogP contribution in [0.4, 0.5) is 9.59 Å². The van der Waals surface area contributed by atoms with Crippen molar-refractivity contribution < 1.29 is 69.3 Å². The lowest BCUT2D eigenvalue weighted by Crippen LogP contribution is -2.48. The van der Waals surface area contributed by atoms with E-state index in [-0.39, 0.29) is 36.1 Å². The smallest absolute Gasteiger partial charge is 0.408 e. The molecule has 2 aromatic carbocycles. The number of amides is 2. The molecule has 0 aliphatic rings. The van der Waals surface area contributed by atoms with Gasteiger partial charge in [0.15, 0.2) is 0 Å². The number of rotatable bonds is 20. The molecule has 0 aliphatic heterocycles. The first-order valence-corrected chi connectivity index (χ1v) is 22.9. The number of hydrogen-bond acceptors (Lipinski definition) is 17. The van der Waals surface area contributed by atoms with E-state index in [4.69, 9.17) is 34.5 Å². The number of aryl methyl sites for hydroxylation is 2. The van der Waals surface area contributed by atoms with Gasteiger partial charge in [0.25, 0.3) is 20.0 Å². The molecule has 0 aromatic heterocycles. The van der Waals surface area contributed by atoms with Gasteiger partial charge in [0, 0.05) is 12.8 Å². The predicted octanol–water partition coefficient (Wildman–Crippen LogP) is 2.11. The summed E-state index contributed by atoms with van der Waals surface area (Å²) in [4.78, 5) is 77.1. The lowest BCUT2D eigenvalue weighted by molar-refractivity contribution is -0.163. The van der Waals surface area contributed by atoms with Crippen molar-refractivity contribution in [2.24, 2.45) is 0 Å². The number of hydrogen-bond donors (Lipinski definition) is 8. The van der Waals surface area contributed by atoms with Crippen LogP contribution in [0.25, 0.3) is 0 Å². The van der Waals surface area contributed by atoms with Gasteiger partial charge in [-0.2, -0.15) is 0 Å². The third-order valence-electron chi connectivity index (χ3n) is 7.90. The van der Waals surface area contributed by atoms with Gasteiger partial charge in [-0.05, 0) is 92.5 Å². The van der Waals surface area contributed by atoms with Crippen LogP contribution in [0.5, 0.6) is 0 Å². The van der Waals surface area contributed by atoms with Gasteiger partial charge in [-0.15, -0.1) is 0 Å². The molecule has 360 valence electrons. The Labute approximate surface area is 377 Å². The van der Waals surface area contributed by atoms with Crippen molar-refractivity contribution in [2.75, 3.05) is 26.3 Å². The minimum atomic E-state index is -4.06. The molecule has 65 heavy (non-hydrogen) atoms. The van der Waals surface area contributed by atoms with Crippen LogP contribution < -0.4 is 30.7 Å². The third-order valence-corrected chi connectivity index (χ3v) is 10.6. The molecule has 2 amide bonds. The van der Waals surface area contributed by atoms with Crippen molar-refractivity contribution in [1.82, 2.24) is 30.7 Å². The zero-order valence-corrected chi connectivity index (χ0v) is 39.0. The summed E-state index contributed by atoms with van der Waals surface area (Å²) in [5, 5.41) is 25.1. The van der Waals surface area contributed by atoms with Crippen LogP contribution in [-0.2, 0) is 62.9 Å². The molecule has 0 spiro atoms. The molecule has 23 nitrogen and oxygen atoms in total. The van der Waals surface area contributed by atoms with E-state index in [1.807, 2.05) is 9.44 Å². The summed E-state index contributed by atoms with van der Waals surface area (Å²) in [6.45, 7) is 11.7. The molecule has 2 aromatic rings. The SMILES string of the molecule is Cc1ccc(S(=O)(=O)NC(=N)NCCOC(=O)CCC(NC(=O)OC(C)(C)C)C(=O)OC(=O)C(CCC(=O)OCCNC(=N)NS(=O)(=O)c2ccc(C)cc2)NC(=O)OC(C)(C)C)cc1. The predicted molar refractivity (Wildman–Crippen MR) is 232 cm³/mol. The van der Waals surface area contributed by atoms with Gasteiger partial charge >= 0.3 is 36.1 Å². The fourth-order valence-electron chi connectivity index (χ4n) is 4.88. The Kier molecular flexibility index (Phi) is 20.6. The molecule has 0 saturated carbocycles. The molecule has 2 atom stereocenters. The van der Waals surface area contributed by atoms with Gasteiger partial charge in [-0.25, -0.2) is 45.5 Å². The van der Waals surface area contributed by atoms with E-state index >= 15 is 0 Å². The fourth-order valence-corrected chi connectivity index (χ4v) is 6.79. The molecule has 2 rings (SSSR count). The van der Waals surface area contributed by atoms with Gasteiger partial charge in [-0.3, -0.25) is 20.4 Å². The summed E-state index contributed by atoms with van der Waals surface area (Å²) in [6, 6.07) is 8.45. The summed E-state index contributed by atoms with van der Waals surface area (Å²) in [6.07, 6.45) is -4.26. The average Bonchev–Trinajstić information content (AvgIpc) is 3.16. The number of guanidine groups is 2. The monoisotopic (exact) mass is 954 g/mol. The Morgan fingerprint density at radius 3 is 1.20 bits per heavy atom. The molecular formula is C40H58N8O15S2. The summed E-state index contributed by atoms with van der Waals surface area (Å²) < 4.78 is 79.7. The zero-order valence-electron chi connectivity index (χ0n) is 37.4. The van der Waals surface area contributed by atoms with Crippen LogP contribution in [-0.4, -0.2) is 114 Å². The second kappa shape index (κ2) is 24.5. The number of benzene rings is 2. The molecular weight excluding hydrogens is 897 g/mol. The highest BCUT2D eigenvalue weighted by Crippen LogP contribution is 2.14. The van der Waals surface area contributed by atoms with E-state index < -0.39 is 117 Å². The maximum atomic E-state index is 13.3. The van der Waals surface area contributed by atoms with E-state index in [2.05, 4.69) is 21.3 Å². The van der Waals surface area contributed by atoms with Crippen molar-refractivity contribution in [3.8, 4) is 0 Å². The van der Waals surface area contributed by atoms with E-state index in [0.29, 0.717) is 0 Å². The summed E-state index contributed by atoms with van der Waals surface area (Å²) in [5.74, 6) is -5.74. The van der Waals surface area contributed by atoms with Crippen molar-refractivity contribution >= 4 is 68.0 Å². The van der Waals surface area contributed by atoms with Gasteiger partial charge in [0.2, 0.25) is 11.9 Å². The Morgan fingerprint density at radius 1 is 0.569 bits per heavy atom. The van der Waals surface area contributed by atoms with Crippen molar-refractivity contribution in [3.63, 3.8) is 0 Å². The lowest BCUT2D eigenvalue weighted by Gasteiger charge is -2.24. The summed E-state index contributed by atoms with van der Waals surface area (Å²) in [5.41, 5.74) is -0.395. The number of sulfonamides is 2. The summed E-state index contributed by atoms with van der Waals surface area (Å²) in [7, 11) is -8.12. The molecule has 0 aliphatic carbocycles. The van der Waals surface area contributed by atoms with Crippen molar-refractivity contribution in [3.05, 3.63) is 59.7 Å². The highest BCUT2D eigenvalue weighted by atomic mass is 32.2. The molecule has 2 unspecified atom stereocenters. The molecule has 8 N–H and O–H groups in total. The van der Waals surface area contributed by atoms with E-state index in [9.17, 15) is 45.6 Å². The second-order valence-electron chi connectivity index (χ2n) is 16.1. The number of nitrogens with one attached hydrogen (secondary N) is 8.